The molecule has 19 heavy (non-hydrogen) atoms. The van der Waals surface area contributed by atoms with Gasteiger partial charge in [0.1, 0.15) is 0 Å². The molecule has 3 rings (SSSR count). The highest BCUT2D eigenvalue weighted by atomic mass is 14.7. The predicted molar refractivity (Wildman–Crippen MR) is 80.1 cm³/mol. The molecule has 0 aliphatic heterocycles. The van der Waals surface area contributed by atoms with Crippen LogP contribution in [0.1, 0.15) is 16.8 Å². The van der Waals surface area contributed by atoms with Crippen molar-refractivity contribution in [1.29, 1.82) is 0 Å². The number of pyridine rings is 1. The molecule has 94 valence electrons. The third-order valence-electron chi connectivity index (χ3n) is 3.38. The van der Waals surface area contributed by atoms with E-state index in [1.807, 2.05) is 31.2 Å². The zero-order valence-corrected chi connectivity index (χ0v) is 10.9. The van der Waals surface area contributed by atoms with Crippen LogP contribution in [0.3, 0.4) is 0 Å². The molecular weight excluding hydrogens is 232 g/mol. The Labute approximate surface area is 112 Å². The molecule has 0 spiro atoms. The molecule has 0 fully saturated rings. The lowest BCUT2D eigenvalue weighted by Crippen LogP contribution is -1.95. The normalized spacial score (nSPS) is 10.8. The van der Waals surface area contributed by atoms with Crippen molar-refractivity contribution in [3.05, 3.63) is 71.4 Å². The van der Waals surface area contributed by atoms with E-state index in [9.17, 15) is 0 Å². The number of rotatable bonds is 2. The van der Waals surface area contributed by atoms with Crippen LogP contribution in [0.2, 0.25) is 0 Å². The van der Waals surface area contributed by atoms with Crippen LogP contribution in [0.15, 0.2) is 54.6 Å². The van der Waals surface area contributed by atoms with E-state index < -0.39 is 0 Å². The molecular formula is C17H16N2. The summed E-state index contributed by atoms with van der Waals surface area (Å²) < 4.78 is 0. The van der Waals surface area contributed by atoms with Gasteiger partial charge in [0.25, 0.3) is 0 Å². The highest BCUT2D eigenvalue weighted by molar-refractivity contribution is 5.78. The van der Waals surface area contributed by atoms with Crippen molar-refractivity contribution in [3.8, 4) is 0 Å². The molecule has 0 atom stereocenters. The molecule has 2 heteroatoms. The third-order valence-corrected chi connectivity index (χ3v) is 3.38. The number of anilines is 1. The number of hydrogen-bond acceptors (Lipinski definition) is 2. The van der Waals surface area contributed by atoms with Gasteiger partial charge in [0.15, 0.2) is 0 Å². The lowest BCUT2D eigenvalue weighted by atomic mass is 10.0. The molecule has 1 heterocycles. The van der Waals surface area contributed by atoms with E-state index in [1.54, 1.807) is 0 Å². The monoisotopic (exact) mass is 248 g/mol. The van der Waals surface area contributed by atoms with Gasteiger partial charge >= 0.3 is 0 Å². The third kappa shape index (κ3) is 2.43. The number of hydrogen-bond donors (Lipinski definition) is 1. The van der Waals surface area contributed by atoms with Gasteiger partial charge in [-0.2, -0.15) is 0 Å². The Morgan fingerprint density at radius 3 is 2.68 bits per heavy atom. The average molecular weight is 248 g/mol. The molecule has 3 aromatic rings. The van der Waals surface area contributed by atoms with Crippen LogP contribution >= 0.6 is 0 Å². The Bertz CT molecular complexity index is 732. The molecule has 0 radical (unpaired) electrons. The number of nitrogens with two attached hydrogens (primary N) is 1. The second-order valence-electron chi connectivity index (χ2n) is 4.86. The van der Waals surface area contributed by atoms with E-state index in [4.69, 9.17) is 10.7 Å². The average Bonchev–Trinajstić information content (AvgIpc) is 2.43. The van der Waals surface area contributed by atoms with Crippen LogP contribution in [0.4, 0.5) is 5.69 Å². The summed E-state index contributed by atoms with van der Waals surface area (Å²) in [6.45, 7) is 2.03. The van der Waals surface area contributed by atoms with Gasteiger partial charge in [0.05, 0.1) is 5.52 Å². The highest BCUT2D eigenvalue weighted by Gasteiger charge is 2.01. The second-order valence-corrected chi connectivity index (χ2v) is 4.86. The van der Waals surface area contributed by atoms with Crippen LogP contribution in [0.25, 0.3) is 10.9 Å². The SMILES string of the molecule is Cc1cc(Cc2ccc3ccccc3n2)ccc1N. The number of nitrogen functional groups attached to an aromatic ring is 1. The summed E-state index contributed by atoms with van der Waals surface area (Å²) in [5.74, 6) is 0. The summed E-state index contributed by atoms with van der Waals surface area (Å²) in [6.07, 6.45) is 0.839. The van der Waals surface area contributed by atoms with Crippen molar-refractivity contribution < 1.29 is 0 Å². The van der Waals surface area contributed by atoms with Crippen molar-refractivity contribution in [3.63, 3.8) is 0 Å². The first kappa shape index (κ1) is 11.7. The second kappa shape index (κ2) is 4.73. The molecule has 0 aliphatic carbocycles. The lowest BCUT2D eigenvalue weighted by molar-refractivity contribution is 1.10. The molecule has 2 N–H and O–H groups in total. The predicted octanol–water partition coefficient (Wildman–Crippen LogP) is 3.72. The fraction of sp³-hybridized carbons (Fsp3) is 0.118. The zero-order valence-electron chi connectivity index (χ0n) is 10.9. The number of nitrogens with zero attached hydrogens (tertiary/aromatic N) is 1. The van der Waals surface area contributed by atoms with E-state index in [-0.39, 0.29) is 0 Å². The smallest absolute Gasteiger partial charge is 0.0705 e. The van der Waals surface area contributed by atoms with Crippen molar-refractivity contribution in [2.75, 3.05) is 5.73 Å². The van der Waals surface area contributed by atoms with Gasteiger partial charge in [-0.1, -0.05) is 36.4 Å². The molecule has 0 bridgehead atoms. The van der Waals surface area contributed by atoms with Crippen molar-refractivity contribution in [2.24, 2.45) is 0 Å². The molecule has 0 unspecified atom stereocenters. The van der Waals surface area contributed by atoms with Crippen LogP contribution in [-0.4, -0.2) is 4.98 Å². The summed E-state index contributed by atoms with van der Waals surface area (Å²) in [6, 6.07) is 18.6. The maximum atomic E-state index is 5.84. The van der Waals surface area contributed by atoms with Gasteiger partial charge < -0.3 is 5.73 Å². The Hall–Kier alpha value is -2.35. The standard InChI is InChI=1S/C17H16N2/c1-12-10-13(6-9-16(12)18)11-15-8-7-14-4-2-3-5-17(14)19-15/h2-10H,11,18H2,1H3. The van der Waals surface area contributed by atoms with Gasteiger partial charge in [-0.3, -0.25) is 4.98 Å². The first-order valence-corrected chi connectivity index (χ1v) is 6.42. The van der Waals surface area contributed by atoms with E-state index in [1.165, 1.54) is 10.9 Å². The molecule has 0 amide bonds. The summed E-state index contributed by atoms with van der Waals surface area (Å²) in [4.78, 5) is 4.69. The minimum Gasteiger partial charge on any atom is -0.399 e. The Morgan fingerprint density at radius 1 is 1.00 bits per heavy atom. The van der Waals surface area contributed by atoms with E-state index in [0.717, 1.165) is 28.9 Å². The fourth-order valence-electron chi connectivity index (χ4n) is 2.26. The van der Waals surface area contributed by atoms with E-state index >= 15 is 0 Å². The minimum absolute atomic E-state index is 0.839. The summed E-state index contributed by atoms with van der Waals surface area (Å²) in [7, 11) is 0. The van der Waals surface area contributed by atoms with Gasteiger partial charge in [0, 0.05) is 23.2 Å². The Balaban J connectivity index is 1.94. The van der Waals surface area contributed by atoms with E-state index in [0.29, 0.717) is 0 Å². The lowest BCUT2D eigenvalue weighted by Gasteiger charge is -2.06. The zero-order chi connectivity index (χ0) is 13.2. The summed E-state index contributed by atoms with van der Waals surface area (Å²) in [5.41, 5.74) is 11.2. The van der Waals surface area contributed by atoms with Gasteiger partial charge in [-0.15, -0.1) is 0 Å². The largest absolute Gasteiger partial charge is 0.399 e. The van der Waals surface area contributed by atoms with Crippen LogP contribution in [0, 0.1) is 6.92 Å². The molecule has 0 aliphatic rings. The minimum atomic E-state index is 0.839. The number of para-hydroxylation sites is 1. The molecule has 1 aromatic heterocycles. The van der Waals surface area contributed by atoms with Crippen LogP contribution < -0.4 is 5.73 Å². The number of benzene rings is 2. The van der Waals surface area contributed by atoms with Gasteiger partial charge in [-0.25, -0.2) is 0 Å². The molecule has 2 aromatic carbocycles. The topological polar surface area (TPSA) is 38.9 Å². The molecule has 0 saturated carbocycles. The maximum absolute atomic E-state index is 5.84. The quantitative estimate of drug-likeness (QED) is 0.702. The van der Waals surface area contributed by atoms with E-state index in [2.05, 4.69) is 30.3 Å². The van der Waals surface area contributed by atoms with Crippen molar-refractivity contribution in [2.45, 2.75) is 13.3 Å². The highest BCUT2D eigenvalue weighted by Crippen LogP contribution is 2.17. The van der Waals surface area contributed by atoms with Crippen molar-refractivity contribution in [1.82, 2.24) is 4.98 Å². The number of fused-ring (bicyclic) bond motifs is 1. The van der Waals surface area contributed by atoms with Crippen molar-refractivity contribution >= 4 is 16.6 Å². The Morgan fingerprint density at radius 2 is 1.84 bits per heavy atom. The van der Waals surface area contributed by atoms with Crippen LogP contribution in [0.5, 0.6) is 0 Å². The summed E-state index contributed by atoms with van der Waals surface area (Å²) >= 11 is 0. The first-order valence-electron chi connectivity index (χ1n) is 6.42. The Kier molecular flexibility index (Phi) is 2.92. The summed E-state index contributed by atoms with van der Waals surface area (Å²) in [5, 5.41) is 1.18. The van der Waals surface area contributed by atoms with Gasteiger partial charge in [0.2, 0.25) is 0 Å². The number of aromatic nitrogens is 1. The fourth-order valence-corrected chi connectivity index (χ4v) is 2.26. The van der Waals surface area contributed by atoms with Crippen LogP contribution in [-0.2, 0) is 6.42 Å². The molecule has 2 nitrogen and oxygen atoms in total. The maximum Gasteiger partial charge on any atom is 0.0705 e. The molecule has 0 saturated heterocycles. The van der Waals surface area contributed by atoms with Gasteiger partial charge in [-0.05, 0) is 36.2 Å². The number of aryl methyl sites for hydroxylation is 1. The first-order chi connectivity index (χ1) is 9.22.